The number of nitrogens with one attached hydrogen (secondary N) is 1. The number of rotatable bonds is 3. The van der Waals surface area contributed by atoms with E-state index in [4.69, 9.17) is 9.47 Å². The summed E-state index contributed by atoms with van der Waals surface area (Å²) >= 11 is 0. The normalized spacial score (nSPS) is 10.6. The third kappa shape index (κ3) is 1.99. The summed E-state index contributed by atoms with van der Waals surface area (Å²) < 4.78 is 10.5. The van der Waals surface area contributed by atoms with Gasteiger partial charge in [0.05, 0.1) is 26.1 Å². The summed E-state index contributed by atoms with van der Waals surface area (Å²) in [5.41, 5.74) is 3.64. The topological polar surface area (TPSA) is 60.0 Å². The van der Waals surface area contributed by atoms with Crippen LogP contribution < -0.4 is 9.47 Å². The molecule has 1 N–H and O–H groups in total. The van der Waals surface area contributed by atoms with Gasteiger partial charge in [0.2, 0.25) is 0 Å². The number of ether oxygens (including phenoxy) is 2. The molecule has 0 aliphatic carbocycles. The summed E-state index contributed by atoms with van der Waals surface area (Å²) in [6, 6.07) is 7.79. The van der Waals surface area contributed by atoms with Crippen molar-refractivity contribution in [1.29, 1.82) is 0 Å². The van der Waals surface area contributed by atoms with Gasteiger partial charge >= 0.3 is 0 Å². The smallest absolute Gasteiger partial charge is 0.177 e. The number of imidazole rings is 1. The predicted molar refractivity (Wildman–Crippen MR) is 72.4 cm³/mol. The number of methoxy groups -OCH3 is 2. The second kappa shape index (κ2) is 4.61. The van der Waals surface area contributed by atoms with Crippen LogP contribution in [0.3, 0.4) is 0 Å². The van der Waals surface area contributed by atoms with Crippen molar-refractivity contribution >= 4 is 11.2 Å². The fourth-order valence-electron chi connectivity index (χ4n) is 2.00. The minimum atomic E-state index is 0.699. The van der Waals surface area contributed by atoms with E-state index in [9.17, 15) is 0 Å². The largest absolute Gasteiger partial charge is 0.493 e. The van der Waals surface area contributed by atoms with Gasteiger partial charge in [-0.3, -0.25) is 0 Å². The molecule has 0 aliphatic rings. The Labute approximate surface area is 110 Å². The number of hydrogen-bond acceptors (Lipinski definition) is 4. The Morgan fingerprint density at radius 3 is 2.58 bits per heavy atom. The summed E-state index contributed by atoms with van der Waals surface area (Å²) in [4.78, 5) is 11.5. The van der Waals surface area contributed by atoms with Gasteiger partial charge in [0, 0.05) is 11.8 Å². The van der Waals surface area contributed by atoms with E-state index in [1.807, 2.05) is 24.3 Å². The fraction of sp³-hybridized carbons (Fsp3) is 0.143. The molecule has 0 fully saturated rings. The number of aromatic nitrogens is 3. The van der Waals surface area contributed by atoms with Crippen LogP contribution >= 0.6 is 0 Å². The van der Waals surface area contributed by atoms with Gasteiger partial charge in [0.1, 0.15) is 0 Å². The van der Waals surface area contributed by atoms with Crippen LogP contribution in [0.15, 0.2) is 36.8 Å². The molecule has 0 amide bonds. The molecule has 0 bridgehead atoms. The third-order valence-corrected chi connectivity index (χ3v) is 2.99. The van der Waals surface area contributed by atoms with Crippen LogP contribution in [0, 0.1) is 0 Å². The molecule has 2 heterocycles. The average molecular weight is 255 g/mol. The van der Waals surface area contributed by atoms with Gasteiger partial charge < -0.3 is 14.5 Å². The number of H-pyrrole nitrogens is 1. The molecule has 5 heteroatoms. The van der Waals surface area contributed by atoms with Gasteiger partial charge in [-0.1, -0.05) is 6.07 Å². The average Bonchev–Trinajstić information content (AvgIpc) is 2.93. The van der Waals surface area contributed by atoms with E-state index in [0.717, 1.165) is 16.6 Å². The van der Waals surface area contributed by atoms with Crippen molar-refractivity contribution in [2.24, 2.45) is 0 Å². The van der Waals surface area contributed by atoms with Crippen molar-refractivity contribution in [3.63, 3.8) is 0 Å². The molecule has 3 rings (SSSR count). The first-order valence-corrected chi connectivity index (χ1v) is 5.83. The van der Waals surface area contributed by atoms with Crippen LogP contribution in [0.5, 0.6) is 11.5 Å². The standard InChI is InChI=1S/C14H13N3O2/c1-18-12-4-3-9(6-13(12)19-2)10-5-11-14(15-7-10)17-8-16-11/h3-8H,1-2H3,(H,15,16,17). The molecule has 5 nitrogen and oxygen atoms in total. The Morgan fingerprint density at radius 1 is 0.947 bits per heavy atom. The molecule has 1 aromatic carbocycles. The first-order chi connectivity index (χ1) is 9.31. The number of nitrogens with zero attached hydrogens (tertiary/aromatic N) is 2. The van der Waals surface area contributed by atoms with Gasteiger partial charge in [-0.15, -0.1) is 0 Å². The highest BCUT2D eigenvalue weighted by molar-refractivity contribution is 5.78. The Hall–Kier alpha value is -2.56. The molecule has 0 atom stereocenters. The Morgan fingerprint density at radius 2 is 1.79 bits per heavy atom. The van der Waals surface area contributed by atoms with Gasteiger partial charge in [0.25, 0.3) is 0 Å². The summed E-state index contributed by atoms with van der Waals surface area (Å²) in [7, 11) is 3.24. The van der Waals surface area contributed by atoms with Crippen LogP contribution in [0.25, 0.3) is 22.3 Å². The number of aromatic amines is 1. The van der Waals surface area contributed by atoms with Gasteiger partial charge in [-0.25, -0.2) is 9.97 Å². The van der Waals surface area contributed by atoms with Gasteiger partial charge in [-0.05, 0) is 23.8 Å². The molecule has 19 heavy (non-hydrogen) atoms. The van der Waals surface area contributed by atoms with Gasteiger partial charge in [0.15, 0.2) is 17.1 Å². The molecular formula is C14H13N3O2. The van der Waals surface area contributed by atoms with E-state index in [2.05, 4.69) is 15.0 Å². The summed E-state index contributed by atoms with van der Waals surface area (Å²) in [6.07, 6.45) is 3.43. The van der Waals surface area contributed by atoms with Crippen LogP contribution in [-0.4, -0.2) is 29.2 Å². The maximum atomic E-state index is 5.31. The van der Waals surface area contributed by atoms with Crippen molar-refractivity contribution in [2.45, 2.75) is 0 Å². The SMILES string of the molecule is COc1ccc(-c2cnc3nc[nH]c3c2)cc1OC. The first kappa shape index (κ1) is 11.5. The highest BCUT2D eigenvalue weighted by Gasteiger charge is 2.07. The van der Waals surface area contributed by atoms with Crippen molar-refractivity contribution in [3.8, 4) is 22.6 Å². The van der Waals surface area contributed by atoms with Crippen molar-refractivity contribution in [2.75, 3.05) is 14.2 Å². The minimum Gasteiger partial charge on any atom is -0.493 e. The Bertz CT molecular complexity index is 722. The molecule has 0 spiro atoms. The molecule has 0 aliphatic heterocycles. The lowest BCUT2D eigenvalue weighted by atomic mass is 10.1. The van der Waals surface area contributed by atoms with Crippen LogP contribution in [0.2, 0.25) is 0 Å². The second-order valence-electron chi connectivity index (χ2n) is 4.07. The maximum absolute atomic E-state index is 5.31. The first-order valence-electron chi connectivity index (χ1n) is 5.83. The number of pyridine rings is 1. The molecule has 0 saturated carbocycles. The van der Waals surface area contributed by atoms with E-state index in [-0.39, 0.29) is 0 Å². The van der Waals surface area contributed by atoms with Gasteiger partial charge in [-0.2, -0.15) is 0 Å². The zero-order valence-corrected chi connectivity index (χ0v) is 10.7. The minimum absolute atomic E-state index is 0.699. The van der Waals surface area contributed by atoms with E-state index >= 15 is 0 Å². The summed E-state index contributed by atoms with van der Waals surface area (Å²) in [5, 5.41) is 0. The maximum Gasteiger partial charge on any atom is 0.177 e. The zero-order chi connectivity index (χ0) is 13.2. The number of hydrogen-bond donors (Lipinski definition) is 1. The predicted octanol–water partition coefficient (Wildman–Crippen LogP) is 2.64. The molecule has 96 valence electrons. The number of fused-ring (bicyclic) bond motifs is 1. The lowest BCUT2D eigenvalue weighted by molar-refractivity contribution is 0.355. The van der Waals surface area contributed by atoms with Crippen LogP contribution in [0.1, 0.15) is 0 Å². The second-order valence-corrected chi connectivity index (χ2v) is 4.07. The molecule has 3 aromatic rings. The zero-order valence-electron chi connectivity index (χ0n) is 10.7. The molecular weight excluding hydrogens is 242 g/mol. The van der Waals surface area contributed by atoms with E-state index in [1.54, 1.807) is 26.7 Å². The highest BCUT2D eigenvalue weighted by atomic mass is 16.5. The van der Waals surface area contributed by atoms with Crippen molar-refractivity contribution in [1.82, 2.24) is 15.0 Å². The van der Waals surface area contributed by atoms with Crippen molar-refractivity contribution in [3.05, 3.63) is 36.8 Å². The highest BCUT2D eigenvalue weighted by Crippen LogP contribution is 2.32. The Kier molecular flexibility index (Phi) is 2.79. The lowest BCUT2D eigenvalue weighted by Gasteiger charge is -2.09. The van der Waals surface area contributed by atoms with Crippen LogP contribution in [0.4, 0.5) is 0 Å². The third-order valence-electron chi connectivity index (χ3n) is 2.99. The lowest BCUT2D eigenvalue weighted by Crippen LogP contribution is -1.91. The summed E-state index contributed by atoms with van der Waals surface area (Å²) in [6.45, 7) is 0. The fourth-order valence-corrected chi connectivity index (χ4v) is 2.00. The van der Waals surface area contributed by atoms with E-state index in [1.165, 1.54) is 0 Å². The quantitative estimate of drug-likeness (QED) is 0.781. The van der Waals surface area contributed by atoms with Crippen LogP contribution in [-0.2, 0) is 0 Å². The van der Waals surface area contributed by atoms with Crippen molar-refractivity contribution < 1.29 is 9.47 Å². The monoisotopic (exact) mass is 255 g/mol. The number of benzene rings is 1. The Balaban J connectivity index is 2.09. The van der Waals surface area contributed by atoms with E-state index < -0.39 is 0 Å². The molecule has 0 saturated heterocycles. The summed E-state index contributed by atoms with van der Waals surface area (Å²) in [5.74, 6) is 1.41. The van der Waals surface area contributed by atoms with E-state index in [0.29, 0.717) is 17.1 Å². The molecule has 0 radical (unpaired) electrons. The molecule has 2 aromatic heterocycles. The molecule has 0 unspecified atom stereocenters.